The lowest BCUT2D eigenvalue weighted by Gasteiger charge is -2.38. The summed E-state index contributed by atoms with van der Waals surface area (Å²) in [6.07, 6.45) is 12.2. The van der Waals surface area contributed by atoms with Gasteiger partial charge in [0.2, 0.25) is 5.62 Å². The Hall–Kier alpha value is -4.83. The number of unbranched alkanes of at least 4 members (excludes halogenated alkanes) is 1. The minimum atomic E-state index is -0.518. The number of hydrogen-bond acceptors (Lipinski definition) is 6. The number of nitrogens with one attached hydrogen (secondary N) is 3. The van der Waals surface area contributed by atoms with Gasteiger partial charge < -0.3 is 30.1 Å². The SMILES string of the molecule is C=C/N=c1\[nH]c2ccc(C(=C)N(C)C3CCN(CCc4cc(F)cc(F)c4)CC3)cc2n1CC1(CCCC/C(NC)=C(/C=N)c2cc(C)cc(C)n2)CC1. The van der Waals surface area contributed by atoms with Crippen molar-refractivity contribution in [1.82, 2.24) is 29.7 Å². The topological polar surface area (TPSA) is 88.3 Å². The lowest BCUT2D eigenvalue weighted by atomic mass is 9.96. The second kappa shape index (κ2) is 17.1. The Morgan fingerprint density at radius 1 is 1.09 bits per heavy atom. The van der Waals surface area contributed by atoms with E-state index in [1.807, 2.05) is 14.0 Å². The average Bonchev–Trinajstić information content (AvgIpc) is 3.84. The van der Waals surface area contributed by atoms with Gasteiger partial charge in [-0.2, -0.15) is 0 Å². The van der Waals surface area contributed by atoms with Gasteiger partial charge in [-0.1, -0.05) is 25.6 Å². The summed E-state index contributed by atoms with van der Waals surface area (Å²) in [5.74, 6) is -1.04. The Morgan fingerprint density at radius 2 is 1.83 bits per heavy atom. The summed E-state index contributed by atoms with van der Waals surface area (Å²) in [5.41, 5.74) is 10.9. The van der Waals surface area contributed by atoms with Crippen LogP contribution in [0.15, 0.2) is 78.6 Å². The first-order chi connectivity index (χ1) is 26.0. The maximum atomic E-state index is 13.7. The van der Waals surface area contributed by atoms with E-state index in [1.165, 1.54) is 31.2 Å². The van der Waals surface area contributed by atoms with E-state index in [1.54, 1.807) is 6.20 Å². The maximum Gasteiger partial charge on any atom is 0.207 e. The normalized spacial score (nSPS) is 16.7. The van der Waals surface area contributed by atoms with Crippen molar-refractivity contribution >= 4 is 28.5 Å². The van der Waals surface area contributed by atoms with Crippen LogP contribution in [0.4, 0.5) is 8.78 Å². The zero-order chi connectivity index (χ0) is 38.4. The largest absolute Gasteiger partial charge is 0.391 e. The third-order valence-electron chi connectivity index (χ3n) is 11.5. The molecule has 2 aliphatic rings. The predicted molar refractivity (Wildman–Crippen MR) is 217 cm³/mol. The third-order valence-corrected chi connectivity index (χ3v) is 11.5. The van der Waals surface area contributed by atoms with Gasteiger partial charge in [-0.25, -0.2) is 13.8 Å². The number of allylic oxidation sites excluding steroid dienone is 2. The van der Waals surface area contributed by atoms with Gasteiger partial charge in [0.25, 0.3) is 0 Å². The predicted octanol–water partition coefficient (Wildman–Crippen LogP) is 8.53. The number of aryl methyl sites for hydroxylation is 2. The molecule has 4 aromatic rings. The van der Waals surface area contributed by atoms with Crippen LogP contribution >= 0.6 is 0 Å². The van der Waals surface area contributed by atoms with Gasteiger partial charge in [0.05, 0.1) is 16.7 Å². The van der Waals surface area contributed by atoms with Gasteiger partial charge in [0.1, 0.15) is 11.6 Å². The first-order valence-corrected chi connectivity index (χ1v) is 19.3. The summed E-state index contributed by atoms with van der Waals surface area (Å²) in [7, 11) is 4.08. The van der Waals surface area contributed by atoms with Gasteiger partial charge in [0, 0.05) is 87.5 Å². The van der Waals surface area contributed by atoms with Crippen molar-refractivity contribution in [2.75, 3.05) is 33.7 Å². The molecule has 0 radical (unpaired) electrons. The number of rotatable bonds is 17. The summed E-state index contributed by atoms with van der Waals surface area (Å²) in [5, 5.41) is 11.5. The van der Waals surface area contributed by atoms with E-state index in [0.717, 1.165) is 127 Å². The van der Waals surface area contributed by atoms with Gasteiger partial charge in [-0.05, 0) is 124 Å². The van der Waals surface area contributed by atoms with Crippen LogP contribution in [0.3, 0.4) is 0 Å². The van der Waals surface area contributed by atoms with E-state index in [9.17, 15) is 8.78 Å². The molecule has 0 spiro atoms. The number of aromatic amines is 1. The number of nitrogens with zero attached hydrogens (tertiary/aromatic N) is 5. The molecule has 2 fully saturated rings. The molecule has 3 N–H and O–H groups in total. The van der Waals surface area contributed by atoms with Crippen LogP contribution in [-0.2, 0) is 13.0 Å². The highest BCUT2D eigenvalue weighted by Gasteiger charge is 2.42. The fraction of sp³-hybridized carbons (Fsp3) is 0.432. The zero-order valence-corrected chi connectivity index (χ0v) is 32.4. The Labute approximate surface area is 318 Å². The number of fused-ring (bicyclic) bond motifs is 1. The standard InChI is InChI=1S/C44H56F2N8/c1-7-49-43-51-40-12-11-34(32(4)52(6)37-14-20-53(21-15-37)19-13-33-24-35(45)27-36(46)25-33)26-42(40)54(43)29-44(17-18-44)16-9-8-10-39(48-5)38(28-47)41-23-30(2)22-31(3)50-41/h7,11-12,22-28,37,47-48H,1,4,8-10,13-21,29H2,2-3,5-6H3,(H,49,51)/b39-38+,47-28?. The number of imidazole rings is 1. The second-order valence-corrected chi connectivity index (χ2v) is 15.4. The van der Waals surface area contributed by atoms with Crippen molar-refractivity contribution in [3.05, 3.63) is 119 Å². The minimum Gasteiger partial charge on any atom is -0.391 e. The number of likely N-dealkylation sites (tertiary alicyclic amines) is 1. The van der Waals surface area contributed by atoms with Crippen molar-refractivity contribution in [2.45, 2.75) is 84.2 Å². The first kappa shape index (κ1) is 38.9. The molecule has 0 unspecified atom stereocenters. The molecule has 0 atom stereocenters. The molecule has 1 aliphatic carbocycles. The first-order valence-electron chi connectivity index (χ1n) is 19.3. The molecule has 0 amide bonds. The molecule has 1 aliphatic heterocycles. The quantitative estimate of drug-likeness (QED) is 0.0750. The lowest BCUT2D eigenvalue weighted by Crippen LogP contribution is -2.43. The Morgan fingerprint density at radius 3 is 2.48 bits per heavy atom. The molecule has 54 heavy (non-hydrogen) atoms. The van der Waals surface area contributed by atoms with Crippen molar-refractivity contribution in [3.63, 3.8) is 0 Å². The smallest absolute Gasteiger partial charge is 0.207 e. The molecular formula is C44H56F2N8. The number of hydrogen-bond donors (Lipinski definition) is 3. The molecular weight excluding hydrogens is 679 g/mol. The van der Waals surface area contributed by atoms with Crippen LogP contribution in [0.25, 0.3) is 22.3 Å². The van der Waals surface area contributed by atoms with Gasteiger partial charge >= 0.3 is 0 Å². The summed E-state index contributed by atoms with van der Waals surface area (Å²) in [4.78, 5) is 17.6. The lowest BCUT2D eigenvalue weighted by molar-refractivity contribution is 0.162. The minimum absolute atomic E-state index is 0.231. The average molecular weight is 735 g/mol. The zero-order valence-electron chi connectivity index (χ0n) is 32.4. The highest BCUT2D eigenvalue weighted by molar-refractivity contribution is 6.08. The Balaban J connectivity index is 1.09. The molecule has 1 saturated carbocycles. The fourth-order valence-electron chi connectivity index (χ4n) is 8.18. The third kappa shape index (κ3) is 9.27. The van der Waals surface area contributed by atoms with Crippen LogP contribution in [0.1, 0.15) is 79.4 Å². The van der Waals surface area contributed by atoms with Crippen molar-refractivity contribution in [3.8, 4) is 0 Å². The summed E-state index contributed by atoms with van der Waals surface area (Å²) in [6, 6.07) is 14.8. The number of aromatic nitrogens is 3. The van der Waals surface area contributed by atoms with E-state index in [2.05, 4.69) is 87.1 Å². The molecule has 8 nitrogen and oxygen atoms in total. The monoisotopic (exact) mass is 734 g/mol. The van der Waals surface area contributed by atoms with Crippen molar-refractivity contribution < 1.29 is 8.78 Å². The highest BCUT2D eigenvalue weighted by Crippen LogP contribution is 2.51. The van der Waals surface area contributed by atoms with Gasteiger partial charge in [-0.15, -0.1) is 0 Å². The molecule has 1 saturated heterocycles. The maximum absolute atomic E-state index is 13.7. The molecule has 2 aromatic heterocycles. The Kier molecular flexibility index (Phi) is 12.3. The highest BCUT2D eigenvalue weighted by atomic mass is 19.1. The van der Waals surface area contributed by atoms with Crippen LogP contribution in [0, 0.1) is 36.3 Å². The van der Waals surface area contributed by atoms with E-state index in [4.69, 9.17) is 10.4 Å². The summed E-state index contributed by atoms with van der Waals surface area (Å²) >= 11 is 0. The van der Waals surface area contributed by atoms with E-state index in [-0.39, 0.29) is 5.41 Å². The van der Waals surface area contributed by atoms with E-state index in [0.29, 0.717) is 18.0 Å². The molecule has 3 heterocycles. The fourth-order valence-corrected chi connectivity index (χ4v) is 8.18. The van der Waals surface area contributed by atoms with Crippen molar-refractivity contribution in [1.29, 1.82) is 5.41 Å². The molecule has 10 heteroatoms. The van der Waals surface area contributed by atoms with Crippen LogP contribution < -0.4 is 10.9 Å². The van der Waals surface area contributed by atoms with Gasteiger partial charge in [0.15, 0.2) is 0 Å². The van der Waals surface area contributed by atoms with Crippen LogP contribution in [0.2, 0.25) is 0 Å². The number of H-pyrrole nitrogens is 1. The number of piperidine rings is 1. The number of pyridine rings is 1. The van der Waals surface area contributed by atoms with Gasteiger partial charge in [-0.3, -0.25) is 4.98 Å². The van der Waals surface area contributed by atoms with Crippen LogP contribution in [-0.4, -0.2) is 70.3 Å². The Bertz CT molecular complexity index is 2050. The summed E-state index contributed by atoms with van der Waals surface area (Å²) in [6.45, 7) is 16.1. The number of halogens is 2. The number of benzene rings is 2. The molecule has 2 aromatic carbocycles. The molecule has 0 bridgehead atoms. The molecule has 286 valence electrons. The summed E-state index contributed by atoms with van der Waals surface area (Å²) < 4.78 is 29.7. The molecule has 6 rings (SSSR count). The second-order valence-electron chi connectivity index (χ2n) is 15.4. The van der Waals surface area contributed by atoms with Crippen molar-refractivity contribution in [2.24, 2.45) is 10.4 Å². The van der Waals surface area contributed by atoms with E-state index < -0.39 is 11.6 Å². The van der Waals surface area contributed by atoms with E-state index >= 15 is 0 Å². The van der Waals surface area contributed by atoms with Crippen LogP contribution in [0.5, 0.6) is 0 Å².